The summed E-state index contributed by atoms with van der Waals surface area (Å²) in [6.07, 6.45) is -0.973. The van der Waals surface area contributed by atoms with Crippen LogP contribution in [0.5, 0.6) is 0 Å². The van der Waals surface area contributed by atoms with E-state index in [-0.39, 0.29) is 22.5 Å². The summed E-state index contributed by atoms with van der Waals surface area (Å²) >= 11 is 0. The number of nitrogens with one attached hydrogen (secondary N) is 1. The molecule has 1 aliphatic heterocycles. The fraction of sp³-hybridized carbons (Fsp3) is 0.353. The van der Waals surface area contributed by atoms with Crippen LogP contribution in [-0.4, -0.2) is 39.0 Å². The molecule has 3 rings (SSSR count). The Morgan fingerprint density at radius 1 is 1.27 bits per heavy atom. The van der Waals surface area contributed by atoms with Gasteiger partial charge in [0.05, 0.1) is 16.2 Å². The minimum atomic E-state index is -1.13. The van der Waals surface area contributed by atoms with Crippen molar-refractivity contribution in [2.75, 3.05) is 6.61 Å². The predicted octanol–water partition coefficient (Wildman–Crippen LogP) is 1.83. The molecule has 2 aromatic rings. The van der Waals surface area contributed by atoms with Crippen molar-refractivity contribution in [1.82, 2.24) is 15.6 Å². The molecule has 0 saturated carbocycles. The molecule has 0 amide bonds. The molecule has 13 nitrogen and oxygen atoms in total. The van der Waals surface area contributed by atoms with Gasteiger partial charge >= 0.3 is 5.97 Å². The molecule has 0 saturated heterocycles. The number of dihydropyridines is 1. The first-order chi connectivity index (χ1) is 14.2. The number of fused-ring (bicyclic) bond motifs is 1. The molecule has 1 N–H and O–H groups in total. The van der Waals surface area contributed by atoms with Gasteiger partial charge in [0.2, 0.25) is 0 Å². The van der Waals surface area contributed by atoms with Crippen LogP contribution in [0.15, 0.2) is 45.5 Å². The molecule has 1 aromatic heterocycles. The summed E-state index contributed by atoms with van der Waals surface area (Å²) in [6.45, 7) is 4.01. The summed E-state index contributed by atoms with van der Waals surface area (Å²) in [5.41, 5.74) is 1.25. The molecule has 1 aromatic carbocycles. The van der Waals surface area contributed by atoms with E-state index in [4.69, 9.17) is 9.37 Å². The normalized spacial score (nSPS) is 17.5. The number of hydrogen-bond donors (Lipinski definition) is 1. The van der Waals surface area contributed by atoms with Crippen molar-refractivity contribution in [2.24, 2.45) is 0 Å². The van der Waals surface area contributed by atoms with Gasteiger partial charge in [-0.15, -0.1) is 10.1 Å². The van der Waals surface area contributed by atoms with Crippen molar-refractivity contribution in [3.63, 3.8) is 0 Å². The monoisotopic (exact) mass is 419 g/mol. The summed E-state index contributed by atoms with van der Waals surface area (Å²) in [7, 11) is 0. The second kappa shape index (κ2) is 8.14. The third-order valence-electron chi connectivity index (χ3n) is 4.49. The molecular weight excluding hydrogens is 402 g/mol. The lowest BCUT2D eigenvalue weighted by atomic mass is 9.83. The van der Waals surface area contributed by atoms with E-state index in [1.165, 1.54) is 13.8 Å². The highest BCUT2D eigenvalue weighted by Gasteiger charge is 2.42. The smallest absolute Gasteiger partial charge is 0.337 e. The fourth-order valence-corrected chi connectivity index (χ4v) is 3.30. The number of benzene rings is 1. The maximum atomic E-state index is 12.9. The Morgan fingerprint density at radius 2 is 2.00 bits per heavy atom. The molecule has 1 aliphatic rings. The van der Waals surface area contributed by atoms with Gasteiger partial charge in [0.1, 0.15) is 29.7 Å². The first kappa shape index (κ1) is 20.7. The number of esters is 1. The molecular formula is C17H17N5O8. The average molecular weight is 419 g/mol. The van der Waals surface area contributed by atoms with E-state index in [1.54, 1.807) is 25.1 Å². The average Bonchev–Trinajstić information content (AvgIpc) is 3.14. The van der Waals surface area contributed by atoms with E-state index in [1.807, 2.05) is 0 Å². The van der Waals surface area contributed by atoms with Crippen LogP contribution in [0.4, 0.5) is 0 Å². The number of aromatic nitrogens is 2. The van der Waals surface area contributed by atoms with Crippen LogP contribution in [-0.2, 0) is 14.4 Å². The number of ether oxygens (including phenoxy) is 1. The standard InChI is InChI=1S/C17H17N5O8/c1-8(7-28-22(26)27)29-17(23)13-9(2)18-10(3)16(21(24)25)14(13)11-5-4-6-12-15(11)20-30-19-12/h4-6,8,14,18H,7H2,1-3H3/t8-,14-/m1/s1. The van der Waals surface area contributed by atoms with E-state index in [9.17, 15) is 25.0 Å². The van der Waals surface area contributed by atoms with Crippen LogP contribution in [0.3, 0.4) is 0 Å². The van der Waals surface area contributed by atoms with Crippen LogP contribution < -0.4 is 5.32 Å². The quantitative estimate of drug-likeness (QED) is 0.394. The Kier molecular flexibility index (Phi) is 5.62. The van der Waals surface area contributed by atoms with Gasteiger partial charge in [-0.25, -0.2) is 9.42 Å². The zero-order valence-corrected chi connectivity index (χ0v) is 16.1. The molecule has 0 radical (unpaired) electrons. The van der Waals surface area contributed by atoms with Gasteiger partial charge in [0.15, 0.2) is 0 Å². The molecule has 0 bridgehead atoms. The SMILES string of the molecule is CC1=C(C(=O)O[C@H](C)CO[N+](=O)[O-])[C@@H](c2cccc3nonc23)C([N+](=O)[O-])=C(C)N1. The summed E-state index contributed by atoms with van der Waals surface area (Å²) in [6, 6.07) is 4.81. The van der Waals surface area contributed by atoms with Crippen LogP contribution in [0.25, 0.3) is 11.0 Å². The first-order valence-corrected chi connectivity index (χ1v) is 8.73. The summed E-state index contributed by atoms with van der Waals surface area (Å²) in [5, 5.41) is 31.6. The molecule has 0 aliphatic carbocycles. The minimum absolute atomic E-state index is 0.0317. The van der Waals surface area contributed by atoms with Crippen molar-refractivity contribution in [2.45, 2.75) is 32.8 Å². The van der Waals surface area contributed by atoms with Gasteiger partial charge in [0.25, 0.3) is 10.8 Å². The Hall–Kier alpha value is -4.03. The van der Waals surface area contributed by atoms with E-state index in [0.29, 0.717) is 16.8 Å². The molecule has 158 valence electrons. The van der Waals surface area contributed by atoms with Gasteiger partial charge in [-0.05, 0) is 37.2 Å². The summed E-state index contributed by atoms with van der Waals surface area (Å²) in [5.74, 6) is -2.02. The number of allylic oxidation sites excluding steroid dienone is 3. The molecule has 0 fully saturated rings. The number of nitro groups is 1. The van der Waals surface area contributed by atoms with Crippen molar-refractivity contribution >= 4 is 17.0 Å². The third-order valence-corrected chi connectivity index (χ3v) is 4.49. The highest BCUT2D eigenvalue weighted by molar-refractivity contribution is 5.94. The summed E-state index contributed by atoms with van der Waals surface area (Å²) in [4.78, 5) is 38.8. The molecule has 2 atom stereocenters. The molecule has 13 heteroatoms. The Bertz CT molecular complexity index is 1090. The maximum absolute atomic E-state index is 12.9. The second-order valence-electron chi connectivity index (χ2n) is 6.58. The van der Waals surface area contributed by atoms with Crippen LogP contribution in [0.2, 0.25) is 0 Å². The van der Waals surface area contributed by atoms with E-state index >= 15 is 0 Å². The van der Waals surface area contributed by atoms with Crippen molar-refractivity contribution in [3.8, 4) is 0 Å². The van der Waals surface area contributed by atoms with Crippen LogP contribution >= 0.6 is 0 Å². The Morgan fingerprint density at radius 3 is 2.67 bits per heavy atom. The minimum Gasteiger partial charge on any atom is -0.457 e. The van der Waals surface area contributed by atoms with Gasteiger partial charge in [-0.3, -0.25) is 10.1 Å². The van der Waals surface area contributed by atoms with Crippen LogP contribution in [0.1, 0.15) is 32.3 Å². The largest absolute Gasteiger partial charge is 0.457 e. The lowest BCUT2D eigenvalue weighted by molar-refractivity contribution is -0.759. The topological polar surface area (TPSA) is 173 Å². The molecule has 0 spiro atoms. The number of carbonyl (C=O) groups is 1. The van der Waals surface area contributed by atoms with Crippen molar-refractivity contribution in [3.05, 3.63) is 66.7 Å². The first-order valence-electron chi connectivity index (χ1n) is 8.73. The van der Waals surface area contributed by atoms with E-state index in [0.717, 1.165) is 0 Å². The van der Waals surface area contributed by atoms with Gasteiger partial charge in [0, 0.05) is 11.3 Å². The van der Waals surface area contributed by atoms with Crippen molar-refractivity contribution < 1.29 is 29.0 Å². The second-order valence-corrected chi connectivity index (χ2v) is 6.58. The van der Waals surface area contributed by atoms with Gasteiger partial charge in [-0.2, -0.15) is 0 Å². The Labute approximate surface area is 168 Å². The molecule has 30 heavy (non-hydrogen) atoms. The lowest BCUT2D eigenvalue weighted by Crippen LogP contribution is -2.33. The zero-order chi connectivity index (χ0) is 22.0. The predicted molar refractivity (Wildman–Crippen MR) is 98.6 cm³/mol. The van der Waals surface area contributed by atoms with Gasteiger partial charge < -0.3 is 14.9 Å². The van der Waals surface area contributed by atoms with E-state index in [2.05, 4.69) is 20.5 Å². The zero-order valence-electron chi connectivity index (χ0n) is 16.1. The van der Waals surface area contributed by atoms with Crippen LogP contribution in [0, 0.1) is 20.2 Å². The van der Waals surface area contributed by atoms with Crippen molar-refractivity contribution in [1.29, 1.82) is 0 Å². The fourth-order valence-electron chi connectivity index (χ4n) is 3.30. The number of carbonyl (C=O) groups excluding carboxylic acids is 1. The number of rotatable bonds is 7. The van der Waals surface area contributed by atoms with E-state index < -0.39 is 34.6 Å². The third kappa shape index (κ3) is 3.90. The lowest BCUT2D eigenvalue weighted by Gasteiger charge is -2.27. The van der Waals surface area contributed by atoms with Gasteiger partial charge in [-0.1, -0.05) is 12.1 Å². The highest BCUT2D eigenvalue weighted by atomic mass is 17.0. The molecule has 2 heterocycles. The summed E-state index contributed by atoms with van der Waals surface area (Å²) < 4.78 is 9.99. The number of nitrogens with zero attached hydrogens (tertiary/aromatic N) is 4. The number of hydrogen-bond acceptors (Lipinski definition) is 11. The maximum Gasteiger partial charge on any atom is 0.337 e. The highest BCUT2D eigenvalue weighted by Crippen LogP contribution is 2.41. The Balaban J connectivity index is 2.06. The molecule has 0 unspecified atom stereocenters.